The number of nitrogens with two attached hydrogens (primary N) is 1. The van der Waals surface area contributed by atoms with Gasteiger partial charge in [-0.05, 0) is 50.8 Å². The van der Waals surface area contributed by atoms with Crippen LogP contribution in [0.3, 0.4) is 0 Å². The number of hydrogen-bond donors (Lipinski definition) is 2. The molecule has 1 aromatic rings. The van der Waals surface area contributed by atoms with Crippen molar-refractivity contribution in [3.05, 3.63) is 19.2 Å². The van der Waals surface area contributed by atoms with Gasteiger partial charge in [-0.15, -0.1) is 11.3 Å². The normalized spacial score (nSPS) is 11.3. The second-order valence-corrected chi connectivity index (χ2v) is 8.03. The highest BCUT2D eigenvalue weighted by Gasteiger charge is 2.32. The lowest BCUT2D eigenvalue weighted by atomic mass is 9.92. The smallest absolute Gasteiger partial charge is 0.254 e. The second-order valence-electron chi connectivity index (χ2n) is 3.85. The fourth-order valence-electron chi connectivity index (χ4n) is 1.62. The molecule has 18 heavy (non-hydrogen) atoms. The number of halogens is 2. The highest BCUT2D eigenvalue weighted by molar-refractivity contribution is 9.12. The minimum Gasteiger partial charge on any atom is -0.391 e. The van der Waals surface area contributed by atoms with Gasteiger partial charge in [0.05, 0.1) is 23.7 Å². The van der Waals surface area contributed by atoms with Gasteiger partial charge >= 0.3 is 0 Å². The van der Waals surface area contributed by atoms with Gasteiger partial charge in [-0.3, -0.25) is 4.79 Å². The first-order valence-electron chi connectivity index (χ1n) is 5.43. The Hall–Kier alpha value is 0.0200. The summed E-state index contributed by atoms with van der Waals surface area (Å²) in [6.07, 6.45) is 1.35. The molecule has 0 aromatic carbocycles. The maximum Gasteiger partial charge on any atom is 0.254 e. The summed E-state index contributed by atoms with van der Waals surface area (Å²) < 4.78 is 1.68. The number of thiocarbonyl (C=S) groups is 1. The summed E-state index contributed by atoms with van der Waals surface area (Å²) in [5.41, 5.74) is 5.74. The third-order valence-electron chi connectivity index (χ3n) is 2.93. The topological polar surface area (TPSA) is 55.1 Å². The summed E-state index contributed by atoms with van der Waals surface area (Å²) in [5, 5.41) is 2.95. The van der Waals surface area contributed by atoms with Gasteiger partial charge in [0.15, 0.2) is 0 Å². The van der Waals surface area contributed by atoms with Gasteiger partial charge < -0.3 is 11.1 Å². The zero-order chi connectivity index (χ0) is 13.9. The summed E-state index contributed by atoms with van der Waals surface area (Å²) in [5.74, 6) is -0.166. The fraction of sp³-hybridized carbons (Fsp3) is 0.455. The molecule has 1 aromatic heterocycles. The van der Waals surface area contributed by atoms with Crippen LogP contribution in [-0.2, 0) is 0 Å². The molecule has 0 radical (unpaired) electrons. The van der Waals surface area contributed by atoms with Crippen LogP contribution in [0, 0.1) is 0 Å². The van der Waals surface area contributed by atoms with Crippen LogP contribution in [0.4, 0.5) is 0 Å². The van der Waals surface area contributed by atoms with Crippen molar-refractivity contribution in [2.75, 3.05) is 0 Å². The third kappa shape index (κ3) is 3.31. The maximum absolute atomic E-state index is 12.2. The van der Waals surface area contributed by atoms with Crippen molar-refractivity contribution in [3.8, 4) is 0 Å². The van der Waals surface area contributed by atoms with Crippen molar-refractivity contribution >= 4 is 66.3 Å². The fourth-order valence-corrected chi connectivity index (χ4v) is 4.75. The lowest BCUT2D eigenvalue weighted by molar-refractivity contribution is 0.0919. The van der Waals surface area contributed by atoms with Crippen LogP contribution in [0.2, 0.25) is 0 Å². The van der Waals surface area contributed by atoms with Crippen molar-refractivity contribution in [2.24, 2.45) is 5.73 Å². The summed E-state index contributed by atoms with van der Waals surface area (Å²) in [4.78, 5) is 12.6. The molecule has 0 spiro atoms. The van der Waals surface area contributed by atoms with Gasteiger partial charge in [0.2, 0.25) is 0 Å². The number of amides is 1. The number of thiophene rings is 1. The Bertz CT molecular complexity index is 470. The summed E-state index contributed by atoms with van der Waals surface area (Å²) in [7, 11) is 0. The SMILES string of the molecule is CCC(CC)(NC(=O)c1cc(Br)sc1Br)C(N)=S. The molecule has 3 nitrogen and oxygen atoms in total. The van der Waals surface area contributed by atoms with E-state index in [0.717, 1.165) is 7.57 Å². The molecule has 7 heteroatoms. The van der Waals surface area contributed by atoms with Gasteiger partial charge in [0.25, 0.3) is 5.91 Å². The van der Waals surface area contributed by atoms with E-state index >= 15 is 0 Å². The number of carbonyl (C=O) groups excluding carboxylic acids is 1. The van der Waals surface area contributed by atoms with Crippen LogP contribution in [0.15, 0.2) is 13.6 Å². The zero-order valence-corrected chi connectivity index (χ0v) is 14.9. The molecule has 0 unspecified atom stereocenters. The molecule has 0 aliphatic rings. The predicted octanol–water partition coefficient (Wildman–Crippen LogP) is 3.85. The minimum absolute atomic E-state index is 0.166. The Kier molecular flexibility index (Phi) is 5.76. The Morgan fingerprint density at radius 3 is 2.39 bits per heavy atom. The van der Waals surface area contributed by atoms with E-state index in [4.69, 9.17) is 18.0 Å². The molecule has 100 valence electrons. The quantitative estimate of drug-likeness (QED) is 0.720. The molecule has 0 aliphatic carbocycles. The monoisotopic (exact) mass is 412 g/mol. The highest BCUT2D eigenvalue weighted by atomic mass is 79.9. The first kappa shape index (κ1) is 16.1. The molecular weight excluding hydrogens is 400 g/mol. The van der Waals surface area contributed by atoms with E-state index in [9.17, 15) is 4.79 Å². The van der Waals surface area contributed by atoms with Gasteiger partial charge in [-0.2, -0.15) is 0 Å². The van der Waals surface area contributed by atoms with E-state index in [-0.39, 0.29) is 5.91 Å². The summed E-state index contributed by atoms with van der Waals surface area (Å²) in [6.45, 7) is 3.92. The standard InChI is InChI=1S/C11H14Br2N2OS2/c1-3-11(4-2,10(14)17)15-9(16)6-5-7(12)18-8(6)13/h5H,3-4H2,1-2H3,(H2,14,17)(H,15,16). The predicted molar refractivity (Wildman–Crippen MR) is 87.3 cm³/mol. The van der Waals surface area contributed by atoms with E-state index in [1.54, 1.807) is 6.07 Å². The number of hydrogen-bond acceptors (Lipinski definition) is 3. The summed E-state index contributed by atoms with van der Waals surface area (Å²) >= 11 is 13.3. The van der Waals surface area contributed by atoms with Crippen molar-refractivity contribution in [2.45, 2.75) is 32.2 Å². The first-order valence-corrected chi connectivity index (χ1v) is 8.24. The minimum atomic E-state index is -0.611. The molecule has 1 rings (SSSR count). The van der Waals surface area contributed by atoms with Gasteiger partial charge in [0, 0.05) is 0 Å². The molecule has 0 atom stereocenters. The van der Waals surface area contributed by atoms with Crippen LogP contribution < -0.4 is 11.1 Å². The molecule has 1 heterocycles. The molecular formula is C11H14Br2N2OS2. The average molecular weight is 414 g/mol. The molecule has 3 N–H and O–H groups in total. The Morgan fingerprint density at radius 1 is 1.50 bits per heavy atom. The van der Waals surface area contributed by atoms with Crippen molar-refractivity contribution in [1.82, 2.24) is 5.32 Å². The maximum atomic E-state index is 12.2. The molecule has 0 bridgehead atoms. The van der Waals surface area contributed by atoms with Gasteiger partial charge in [0.1, 0.15) is 0 Å². The number of rotatable bonds is 5. The van der Waals surface area contributed by atoms with E-state index in [1.165, 1.54) is 11.3 Å². The number of nitrogens with one attached hydrogen (secondary N) is 1. The number of carbonyl (C=O) groups is 1. The Balaban J connectivity index is 2.99. The largest absolute Gasteiger partial charge is 0.391 e. The van der Waals surface area contributed by atoms with E-state index in [0.29, 0.717) is 23.4 Å². The Morgan fingerprint density at radius 2 is 2.06 bits per heavy atom. The van der Waals surface area contributed by atoms with Gasteiger partial charge in [-0.1, -0.05) is 26.1 Å². The van der Waals surface area contributed by atoms with Gasteiger partial charge in [-0.25, -0.2) is 0 Å². The molecule has 0 fully saturated rings. The van der Waals surface area contributed by atoms with Crippen LogP contribution in [0.25, 0.3) is 0 Å². The third-order valence-corrected chi connectivity index (χ3v) is 5.66. The lowest BCUT2D eigenvalue weighted by Crippen LogP contribution is -2.55. The second kappa shape index (κ2) is 6.45. The molecule has 0 saturated heterocycles. The van der Waals surface area contributed by atoms with Crippen LogP contribution in [0.1, 0.15) is 37.0 Å². The van der Waals surface area contributed by atoms with Crippen LogP contribution >= 0.6 is 55.4 Å². The molecule has 1 amide bonds. The van der Waals surface area contributed by atoms with Crippen molar-refractivity contribution < 1.29 is 4.79 Å². The lowest BCUT2D eigenvalue weighted by Gasteiger charge is -2.31. The zero-order valence-electron chi connectivity index (χ0n) is 10.0. The van der Waals surface area contributed by atoms with E-state index < -0.39 is 5.54 Å². The van der Waals surface area contributed by atoms with E-state index in [1.807, 2.05) is 13.8 Å². The Labute approximate surface area is 133 Å². The van der Waals surface area contributed by atoms with E-state index in [2.05, 4.69) is 37.2 Å². The first-order chi connectivity index (χ1) is 8.36. The summed E-state index contributed by atoms with van der Waals surface area (Å²) in [6, 6.07) is 1.78. The van der Waals surface area contributed by atoms with Crippen LogP contribution in [0.5, 0.6) is 0 Å². The van der Waals surface area contributed by atoms with Crippen molar-refractivity contribution in [1.29, 1.82) is 0 Å². The van der Waals surface area contributed by atoms with Crippen molar-refractivity contribution in [3.63, 3.8) is 0 Å². The molecule has 0 aliphatic heterocycles. The average Bonchev–Trinajstić information content (AvgIpc) is 2.65. The highest BCUT2D eigenvalue weighted by Crippen LogP contribution is 2.32. The van der Waals surface area contributed by atoms with Crippen LogP contribution in [-0.4, -0.2) is 16.4 Å². The molecule has 0 saturated carbocycles.